The van der Waals surface area contributed by atoms with Crippen molar-refractivity contribution in [3.8, 4) is 0 Å². The van der Waals surface area contributed by atoms with Crippen molar-refractivity contribution in [2.24, 2.45) is 0 Å². The van der Waals surface area contributed by atoms with E-state index in [9.17, 15) is 9.59 Å². The molecule has 1 unspecified atom stereocenters. The number of hydrogen-bond donors (Lipinski definition) is 3. The van der Waals surface area contributed by atoms with E-state index in [0.29, 0.717) is 17.1 Å². The Bertz CT molecular complexity index is 420. The Kier molecular flexibility index (Phi) is 5.45. The molecule has 0 fully saturated rings. The van der Waals surface area contributed by atoms with Crippen LogP contribution in [0.2, 0.25) is 5.02 Å². The Morgan fingerprint density at radius 1 is 1.33 bits per heavy atom. The van der Waals surface area contributed by atoms with Gasteiger partial charge in [0.05, 0.1) is 0 Å². The first-order valence-electron chi connectivity index (χ1n) is 5.52. The maximum atomic E-state index is 11.5. The van der Waals surface area contributed by atoms with E-state index in [1.165, 1.54) is 0 Å². The van der Waals surface area contributed by atoms with Gasteiger partial charge in [0, 0.05) is 23.2 Å². The third-order valence-electron chi connectivity index (χ3n) is 2.27. The Hall–Kier alpha value is -1.75. The molecule has 6 heteroatoms. The second-order valence-corrected chi connectivity index (χ2v) is 4.38. The van der Waals surface area contributed by atoms with Gasteiger partial charge in [0.25, 0.3) is 0 Å². The normalized spacial score (nSPS) is 11.7. The molecule has 3 N–H and O–H groups in total. The first-order valence-corrected chi connectivity index (χ1v) is 5.90. The summed E-state index contributed by atoms with van der Waals surface area (Å²) in [5, 5.41) is 14.4. The number of urea groups is 1. The fraction of sp³-hybridized carbons (Fsp3) is 0.333. The third-order valence-corrected chi connectivity index (χ3v) is 2.52. The number of carboxylic acids is 1. The molecule has 98 valence electrons. The van der Waals surface area contributed by atoms with Gasteiger partial charge in [0.1, 0.15) is 0 Å². The van der Waals surface area contributed by atoms with Crippen molar-refractivity contribution < 1.29 is 14.7 Å². The van der Waals surface area contributed by atoms with Crippen LogP contribution in [-0.2, 0) is 4.79 Å². The number of aliphatic carboxylic acids is 1. The lowest BCUT2D eigenvalue weighted by atomic mass is 10.2. The molecule has 0 radical (unpaired) electrons. The minimum absolute atomic E-state index is 0.0302. The molecule has 1 rings (SSSR count). The van der Waals surface area contributed by atoms with Crippen LogP contribution in [0.25, 0.3) is 0 Å². The fourth-order valence-electron chi connectivity index (χ4n) is 1.34. The summed E-state index contributed by atoms with van der Waals surface area (Å²) in [7, 11) is 0. The molecule has 0 saturated heterocycles. The first kappa shape index (κ1) is 14.3. The van der Waals surface area contributed by atoms with Crippen molar-refractivity contribution >= 4 is 29.3 Å². The molecule has 0 aliphatic carbocycles. The molecule has 0 bridgehead atoms. The Morgan fingerprint density at radius 2 is 1.94 bits per heavy atom. The van der Waals surface area contributed by atoms with Crippen LogP contribution in [-0.4, -0.2) is 23.1 Å². The van der Waals surface area contributed by atoms with Gasteiger partial charge in [0.2, 0.25) is 0 Å². The Morgan fingerprint density at radius 3 is 2.50 bits per heavy atom. The van der Waals surface area contributed by atoms with Gasteiger partial charge in [-0.3, -0.25) is 4.79 Å². The summed E-state index contributed by atoms with van der Waals surface area (Å²) in [5.74, 6) is -0.873. The highest BCUT2D eigenvalue weighted by atomic mass is 35.5. The summed E-state index contributed by atoms with van der Waals surface area (Å²) >= 11 is 5.72. The molecule has 2 amide bonds. The fourth-order valence-corrected chi connectivity index (χ4v) is 1.46. The quantitative estimate of drug-likeness (QED) is 0.770. The molecular weight excluding hydrogens is 256 g/mol. The highest BCUT2D eigenvalue weighted by Crippen LogP contribution is 2.13. The van der Waals surface area contributed by atoms with Crippen molar-refractivity contribution in [3.63, 3.8) is 0 Å². The molecule has 0 saturated carbocycles. The van der Waals surface area contributed by atoms with Crippen LogP contribution in [0.5, 0.6) is 0 Å². The van der Waals surface area contributed by atoms with E-state index in [-0.39, 0.29) is 18.5 Å². The van der Waals surface area contributed by atoms with E-state index in [4.69, 9.17) is 16.7 Å². The van der Waals surface area contributed by atoms with E-state index >= 15 is 0 Å². The molecule has 0 aliphatic heterocycles. The van der Waals surface area contributed by atoms with Crippen LogP contribution in [0.4, 0.5) is 10.5 Å². The molecule has 18 heavy (non-hydrogen) atoms. The van der Waals surface area contributed by atoms with Crippen molar-refractivity contribution in [1.82, 2.24) is 5.32 Å². The van der Waals surface area contributed by atoms with Gasteiger partial charge in [-0.25, -0.2) is 4.79 Å². The van der Waals surface area contributed by atoms with Crippen LogP contribution >= 0.6 is 11.6 Å². The summed E-state index contributed by atoms with van der Waals surface area (Å²) in [5.41, 5.74) is 0.627. The summed E-state index contributed by atoms with van der Waals surface area (Å²) in [6.07, 6.45) is 0.422. The number of anilines is 1. The summed E-state index contributed by atoms with van der Waals surface area (Å²) in [6, 6.07) is 6.15. The average molecular weight is 271 g/mol. The molecule has 0 spiro atoms. The molecule has 0 aliphatic rings. The maximum Gasteiger partial charge on any atom is 0.319 e. The zero-order valence-electron chi connectivity index (χ0n) is 9.94. The van der Waals surface area contributed by atoms with Crippen LogP contribution < -0.4 is 10.6 Å². The van der Waals surface area contributed by atoms with Gasteiger partial charge >= 0.3 is 12.0 Å². The number of carbonyl (C=O) groups excluding carboxylic acids is 1. The van der Waals surface area contributed by atoms with Gasteiger partial charge < -0.3 is 15.7 Å². The van der Waals surface area contributed by atoms with Crippen molar-refractivity contribution in [2.75, 3.05) is 5.32 Å². The van der Waals surface area contributed by atoms with Gasteiger partial charge in [-0.05, 0) is 37.6 Å². The van der Waals surface area contributed by atoms with E-state index in [2.05, 4.69) is 10.6 Å². The smallest absolute Gasteiger partial charge is 0.319 e. The second kappa shape index (κ2) is 6.86. The molecule has 5 nitrogen and oxygen atoms in total. The number of nitrogens with one attached hydrogen (secondary N) is 2. The lowest BCUT2D eigenvalue weighted by molar-refractivity contribution is -0.137. The summed E-state index contributed by atoms with van der Waals surface area (Å²) < 4.78 is 0. The average Bonchev–Trinajstić information content (AvgIpc) is 2.29. The number of halogens is 1. The minimum Gasteiger partial charge on any atom is -0.481 e. The van der Waals surface area contributed by atoms with E-state index in [1.807, 2.05) is 0 Å². The summed E-state index contributed by atoms with van der Waals surface area (Å²) in [4.78, 5) is 21.9. The zero-order valence-corrected chi connectivity index (χ0v) is 10.7. The van der Waals surface area contributed by atoms with E-state index < -0.39 is 5.97 Å². The number of hydrogen-bond acceptors (Lipinski definition) is 2. The molecule has 1 aromatic carbocycles. The Balaban J connectivity index is 2.37. The third kappa shape index (κ3) is 5.54. The Labute approximate surface area is 110 Å². The number of amides is 2. The largest absolute Gasteiger partial charge is 0.481 e. The second-order valence-electron chi connectivity index (χ2n) is 3.94. The van der Waals surface area contributed by atoms with E-state index in [1.54, 1.807) is 31.2 Å². The van der Waals surface area contributed by atoms with Crippen LogP contribution in [0.15, 0.2) is 24.3 Å². The minimum atomic E-state index is -0.873. The van der Waals surface area contributed by atoms with Crippen LogP contribution in [0.3, 0.4) is 0 Å². The van der Waals surface area contributed by atoms with Crippen molar-refractivity contribution in [2.45, 2.75) is 25.8 Å². The predicted octanol–water partition coefficient (Wildman–Crippen LogP) is 2.71. The number of rotatable bonds is 5. The molecule has 0 aromatic heterocycles. The SMILES string of the molecule is CC(CCC(=O)O)NC(=O)Nc1ccc(Cl)cc1. The summed E-state index contributed by atoms with van der Waals surface area (Å²) in [6.45, 7) is 1.75. The zero-order chi connectivity index (χ0) is 13.5. The molecular formula is C12H15ClN2O3. The lowest BCUT2D eigenvalue weighted by Gasteiger charge is -2.13. The molecule has 1 aromatic rings. The monoisotopic (exact) mass is 270 g/mol. The standard InChI is InChI=1S/C12H15ClN2O3/c1-8(2-7-11(16)17)14-12(18)15-10-5-3-9(13)4-6-10/h3-6,8H,2,7H2,1H3,(H,16,17)(H2,14,15,18). The maximum absolute atomic E-state index is 11.5. The number of carboxylic acid groups (broad SMARTS) is 1. The molecule has 0 heterocycles. The lowest BCUT2D eigenvalue weighted by Crippen LogP contribution is -2.36. The first-order chi connectivity index (χ1) is 8.47. The van der Waals surface area contributed by atoms with Gasteiger partial charge in [0.15, 0.2) is 0 Å². The van der Waals surface area contributed by atoms with Gasteiger partial charge in [-0.2, -0.15) is 0 Å². The van der Waals surface area contributed by atoms with Crippen LogP contribution in [0.1, 0.15) is 19.8 Å². The predicted molar refractivity (Wildman–Crippen MR) is 69.9 cm³/mol. The van der Waals surface area contributed by atoms with Crippen LogP contribution in [0, 0.1) is 0 Å². The van der Waals surface area contributed by atoms with Crippen molar-refractivity contribution in [3.05, 3.63) is 29.3 Å². The highest BCUT2D eigenvalue weighted by molar-refractivity contribution is 6.30. The highest BCUT2D eigenvalue weighted by Gasteiger charge is 2.09. The van der Waals surface area contributed by atoms with E-state index in [0.717, 1.165) is 0 Å². The number of carbonyl (C=O) groups is 2. The van der Waals surface area contributed by atoms with Gasteiger partial charge in [-0.15, -0.1) is 0 Å². The topological polar surface area (TPSA) is 78.4 Å². The van der Waals surface area contributed by atoms with Gasteiger partial charge in [-0.1, -0.05) is 11.6 Å². The number of benzene rings is 1. The van der Waals surface area contributed by atoms with Crippen molar-refractivity contribution in [1.29, 1.82) is 0 Å². The molecule has 1 atom stereocenters.